The normalized spacial score (nSPS) is 24.1. The van der Waals surface area contributed by atoms with Gasteiger partial charge in [0.05, 0.1) is 21.7 Å². The van der Waals surface area contributed by atoms with Gasteiger partial charge in [-0.15, -0.1) is 0 Å². The van der Waals surface area contributed by atoms with E-state index in [4.69, 9.17) is 0 Å². The van der Waals surface area contributed by atoms with E-state index in [9.17, 15) is 39.4 Å². The Morgan fingerprint density at radius 3 is 2.17 bits per heavy atom. The Morgan fingerprint density at radius 2 is 1.56 bits per heavy atom. The average Bonchev–Trinajstić information content (AvgIpc) is 3.56. The van der Waals surface area contributed by atoms with E-state index < -0.39 is 63.0 Å². The summed E-state index contributed by atoms with van der Waals surface area (Å²) >= 11 is 0. The van der Waals surface area contributed by atoms with E-state index in [2.05, 4.69) is 0 Å². The molecule has 0 spiro atoms. The molecule has 0 radical (unpaired) electrons. The van der Waals surface area contributed by atoms with Crippen LogP contribution in [0.2, 0.25) is 0 Å². The van der Waals surface area contributed by atoms with Gasteiger partial charge in [0.1, 0.15) is 12.1 Å². The number of rotatable bonds is 7. The summed E-state index contributed by atoms with van der Waals surface area (Å²) < 4.78 is 0. The summed E-state index contributed by atoms with van der Waals surface area (Å²) in [6.45, 7) is -0.807. The number of nitro benzene ring substituents is 2. The SMILES string of the molecule is O=C(CN(C(=O)c1ccccc1[N+](=O)[O-])N1C(=O)[C@@H]2[C@H]3CC[C@@H](C3)[C@H]2C1=O)c1cccc([N+](=O)[O-])c1. The zero-order valence-corrected chi connectivity index (χ0v) is 18.8. The predicted molar refractivity (Wildman–Crippen MR) is 121 cm³/mol. The number of nitro groups is 2. The van der Waals surface area contributed by atoms with Crippen LogP contribution >= 0.6 is 0 Å². The number of nitrogens with zero attached hydrogens (tertiary/aromatic N) is 4. The topological polar surface area (TPSA) is 161 Å². The van der Waals surface area contributed by atoms with E-state index in [0.717, 1.165) is 31.4 Å². The number of hydrogen-bond donors (Lipinski definition) is 0. The Kier molecular flexibility index (Phi) is 5.58. The lowest BCUT2D eigenvalue weighted by atomic mass is 9.81. The van der Waals surface area contributed by atoms with Crippen molar-refractivity contribution in [3.63, 3.8) is 0 Å². The Bertz CT molecular complexity index is 1310. The molecule has 3 aliphatic rings. The lowest BCUT2D eigenvalue weighted by Crippen LogP contribution is -2.52. The molecule has 2 aromatic rings. The second-order valence-electron chi connectivity index (χ2n) is 9.24. The van der Waals surface area contributed by atoms with Gasteiger partial charge in [-0.2, -0.15) is 5.01 Å². The highest BCUT2D eigenvalue weighted by molar-refractivity contribution is 6.10. The summed E-state index contributed by atoms with van der Waals surface area (Å²) in [6.07, 6.45) is 2.35. The molecule has 0 aromatic heterocycles. The fraction of sp³-hybridized carbons (Fsp3) is 0.333. The molecule has 12 nitrogen and oxygen atoms in total. The predicted octanol–water partition coefficient (Wildman–Crippen LogP) is 2.77. The summed E-state index contributed by atoms with van der Waals surface area (Å²) in [5.41, 5.74) is -1.40. The van der Waals surface area contributed by atoms with Gasteiger partial charge < -0.3 is 0 Å². The molecule has 0 N–H and O–H groups in total. The summed E-state index contributed by atoms with van der Waals surface area (Å²) in [5.74, 6) is -4.20. The Balaban J connectivity index is 1.54. The van der Waals surface area contributed by atoms with Crippen molar-refractivity contribution in [3.05, 3.63) is 79.9 Å². The average molecular weight is 492 g/mol. The van der Waals surface area contributed by atoms with Crippen molar-refractivity contribution in [2.45, 2.75) is 19.3 Å². The van der Waals surface area contributed by atoms with E-state index in [1.165, 1.54) is 36.4 Å². The van der Waals surface area contributed by atoms with Crippen LogP contribution in [0.3, 0.4) is 0 Å². The van der Waals surface area contributed by atoms with Gasteiger partial charge in [-0.05, 0) is 37.2 Å². The molecule has 0 unspecified atom stereocenters. The number of imide groups is 1. The van der Waals surface area contributed by atoms with Crippen molar-refractivity contribution in [1.82, 2.24) is 10.0 Å². The molecule has 36 heavy (non-hydrogen) atoms. The van der Waals surface area contributed by atoms with Crippen molar-refractivity contribution >= 4 is 34.9 Å². The van der Waals surface area contributed by atoms with E-state index >= 15 is 0 Å². The van der Waals surface area contributed by atoms with Crippen LogP contribution in [0.4, 0.5) is 11.4 Å². The van der Waals surface area contributed by atoms with E-state index in [0.29, 0.717) is 10.0 Å². The molecule has 1 saturated heterocycles. The fourth-order valence-electron chi connectivity index (χ4n) is 5.84. The largest absolute Gasteiger partial charge is 0.292 e. The molecule has 1 aliphatic heterocycles. The van der Waals surface area contributed by atoms with Crippen LogP contribution in [-0.4, -0.2) is 49.9 Å². The summed E-state index contributed by atoms with van der Waals surface area (Å²) in [7, 11) is 0. The molecule has 2 saturated carbocycles. The van der Waals surface area contributed by atoms with Gasteiger partial charge in [-0.1, -0.05) is 24.3 Å². The molecule has 2 bridgehead atoms. The fourth-order valence-corrected chi connectivity index (χ4v) is 5.84. The first-order valence-corrected chi connectivity index (χ1v) is 11.4. The third-order valence-corrected chi connectivity index (χ3v) is 7.38. The van der Waals surface area contributed by atoms with Crippen LogP contribution < -0.4 is 0 Å². The van der Waals surface area contributed by atoms with Crippen LogP contribution in [-0.2, 0) is 9.59 Å². The van der Waals surface area contributed by atoms with Gasteiger partial charge in [0.2, 0.25) is 0 Å². The molecule has 5 rings (SSSR count). The van der Waals surface area contributed by atoms with E-state index in [1.807, 2.05) is 0 Å². The highest BCUT2D eigenvalue weighted by Crippen LogP contribution is 2.56. The Hall–Kier alpha value is -4.48. The van der Waals surface area contributed by atoms with Gasteiger partial charge in [0.15, 0.2) is 5.78 Å². The van der Waals surface area contributed by atoms with Gasteiger partial charge in [0.25, 0.3) is 29.1 Å². The summed E-state index contributed by atoms with van der Waals surface area (Å²) in [4.78, 5) is 74.8. The number of ketones is 1. The van der Waals surface area contributed by atoms with Crippen molar-refractivity contribution in [3.8, 4) is 0 Å². The number of hydrogen-bond acceptors (Lipinski definition) is 8. The highest BCUT2D eigenvalue weighted by Gasteiger charge is 2.62. The number of hydrazine groups is 1. The van der Waals surface area contributed by atoms with E-state index in [1.54, 1.807) is 0 Å². The first kappa shape index (κ1) is 23.3. The molecule has 2 aliphatic carbocycles. The quantitative estimate of drug-likeness (QED) is 0.247. The molecule has 184 valence electrons. The molecule has 4 atom stereocenters. The number of carbonyl (C=O) groups excluding carboxylic acids is 4. The van der Waals surface area contributed by atoms with Crippen LogP contribution in [0.25, 0.3) is 0 Å². The maximum absolute atomic E-state index is 13.6. The van der Waals surface area contributed by atoms with Crippen molar-refractivity contribution in [2.75, 3.05) is 6.54 Å². The summed E-state index contributed by atoms with van der Waals surface area (Å²) in [5, 5.41) is 24.0. The van der Waals surface area contributed by atoms with E-state index in [-0.39, 0.29) is 23.1 Å². The third kappa shape index (κ3) is 3.61. The monoisotopic (exact) mass is 492 g/mol. The highest BCUT2D eigenvalue weighted by atomic mass is 16.6. The zero-order chi connectivity index (χ0) is 25.7. The molecule has 1 heterocycles. The minimum Gasteiger partial charge on any atom is -0.292 e. The van der Waals surface area contributed by atoms with Gasteiger partial charge >= 0.3 is 0 Å². The summed E-state index contributed by atoms with van der Waals surface area (Å²) in [6, 6.07) is 9.87. The van der Waals surface area contributed by atoms with Crippen LogP contribution in [0, 0.1) is 43.9 Å². The Labute approximate surface area is 203 Å². The molecule has 12 heteroatoms. The van der Waals surface area contributed by atoms with Crippen molar-refractivity contribution in [1.29, 1.82) is 0 Å². The van der Waals surface area contributed by atoms with Crippen LogP contribution in [0.1, 0.15) is 40.0 Å². The number of benzene rings is 2. The van der Waals surface area contributed by atoms with Crippen molar-refractivity contribution < 1.29 is 29.0 Å². The standard InChI is InChI=1S/C24H20N4O8/c29-19(13-4-3-5-16(11-13)27(33)34)12-25(22(30)17-6-1-2-7-18(17)28(35)36)26-23(31)20-14-8-9-15(10-14)21(20)24(26)32/h1-7,11,14-15,20-21H,8-10,12H2/t14-,15-,20+,21+/m0/s1. The number of fused-ring (bicyclic) bond motifs is 5. The number of Topliss-reactive ketones (excluding diaryl/α,β-unsaturated/α-hetero) is 1. The van der Waals surface area contributed by atoms with Crippen molar-refractivity contribution in [2.24, 2.45) is 23.7 Å². The third-order valence-electron chi connectivity index (χ3n) is 7.38. The number of para-hydroxylation sites is 1. The van der Waals surface area contributed by atoms with Crippen LogP contribution in [0.15, 0.2) is 48.5 Å². The van der Waals surface area contributed by atoms with Crippen LogP contribution in [0.5, 0.6) is 0 Å². The first-order chi connectivity index (χ1) is 17.2. The Morgan fingerprint density at radius 1 is 0.917 bits per heavy atom. The number of non-ortho nitro benzene ring substituents is 1. The van der Waals surface area contributed by atoms with Gasteiger partial charge in [0, 0.05) is 23.8 Å². The molecule has 3 fully saturated rings. The van der Waals surface area contributed by atoms with Gasteiger partial charge in [-0.3, -0.25) is 39.4 Å². The number of carbonyl (C=O) groups is 4. The zero-order valence-electron chi connectivity index (χ0n) is 18.8. The van der Waals surface area contributed by atoms with Gasteiger partial charge in [-0.25, -0.2) is 5.01 Å². The lowest BCUT2D eigenvalue weighted by molar-refractivity contribution is -0.385. The second kappa shape index (κ2) is 8.63. The lowest BCUT2D eigenvalue weighted by Gasteiger charge is -2.30. The maximum atomic E-state index is 13.6. The molecule has 3 amide bonds. The molecular weight excluding hydrogens is 472 g/mol. The number of amides is 3. The second-order valence-corrected chi connectivity index (χ2v) is 9.24. The molecular formula is C24H20N4O8. The minimum absolute atomic E-state index is 0.0111. The molecule has 2 aromatic carbocycles. The maximum Gasteiger partial charge on any atom is 0.282 e. The minimum atomic E-state index is -1.06. The first-order valence-electron chi connectivity index (χ1n) is 11.4. The smallest absolute Gasteiger partial charge is 0.282 e.